The molecule has 2 N–H and O–H groups in total. The van der Waals surface area contributed by atoms with Gasteiger partial charge in [-0.05, 0) is 49.9 Å². The van der Waals surface area contributed by atoms with Gasteiger partial charge in [-0.25, -0.2) is 4.79 Å². The van der Waals surface area contributed by atoms with Crippen molar-refractivity contribution in [2.24, 2.45) is 5.92 Å². The van der Waals surface area contributed by atoms with Crippen molar-refractivity contribution in [3.63, 3.8) is 0 Å². The first kappa shape index (κ1) is 16.3. The predicted octanol–water partition coefficient (Wildman–Crippen LogP) is 1.69. The van der Waals surface area contributed by atoms with Crippen molar-refractivity contribution in [3.05, 3.63) is 29.8 Å². The number of hydrogen-bond acceptors (Lipinski definition) is 4. The molecule has 0 spiro atoms. The quantitative estimate of drug-likeness (QED) is 0.763. The van der Waals surface area contributed by atoms with Crippen LogP contribution in [0.15, 0.2) is 24.3 Å². The summed E-state index contributed by atoms with van der Waals surface area (Å²) < 4.78 is 10.5. The standard InChI is InChI=1S/C16H21NO5/c1-16(10-21-2,15(19)20)17-14(18)12-5-7-13(8-6-12)22-9-11-3-4-11/h5-8,11H,3-4,9-10H2,1-2H3,(H,17,18)(H,19,20). The summed E-state index contributed by atoms with van der Waals surface area (Å²) in [5.74, 6) is -0.239. The normalized spacial score (nSPS) is 16.6. The molecule has 1 aliphatic rings. The summed E-state index contributed by atoms with van der Waals surface area (Å²) in [6.07, 6.45) is 2.43. The topological polar surface area (TPSA) is 84.9 Å². The molecule has 6 heteroatoms. The van der Waals surface area contributed by atoms with E-state index in [1.54, 1.807) is 24.3 Å². The fourth-order valence-electron chi connectivity index (χ4n) is 1.96. The van der Waals surface area contributed by atoms with Gasteiger partial charge in [0, 0.05) is 12.7 Å². The molecule has 1 atom stereocenters. The van der Waals surface area contributed by atoms with Crippen LogP contribution < -0.4 is 10.1 Å². The minimum absolute atomic E-state index is 0.114. The van der Waals surface area contributed by atoms with Gasteiger partial charge < -0.3 is 19.9 Å². The third kappa shape index (κ3) is 4.21. The molecule has 1 fully saturated rings. The highest BCUT2D eigenvalue weighted by molar-refractivity contribution is 5.97. The third-order valence-corrected chi connectivity index (χ3v) is 3.59. The number of rotatable bonds is 8. The maximum atomic E-state index is 12.2. The summed E-state index contributed by atoms with van der Waals surface area (Å²) in [6, 6.07) is 6.66. The maximum absolute atomic E-state index is 12.2. The Kier molecular flexibility index (Phi) is 5.03. The fourth-order valence-corrected chi connectivity index (χ4v) is 1.96. The van der Waals surface area contributed by atoms with Crippen LogP contribution in [0.5, 0.6) is 5.75 Å². The van der Waals surface area contributed by atoms with Crippen molar-refractivity contribution in [3.8, 4) is 5.75 Å². The van der Waals surface area contributed by atoms with E-state index in [4.69, 9.17) is 9.47 Å². The predicted molar refractivity (Wildman–Crippen MR) is 80.0 cm³/mol. The lowest BCUT2D eigenvalue weighted by Gasteiger charge is -2.25. The molecule has 1 amide bonds. The molecule has 0 radical (unpaired) electrons. The van der Waals surface area contributed by atoms with E-state index in [0.717, 1.165) is 0 Å². The maximum Gasteiger partial charge on any atom is 0.331 e. The van der Waals surface area contributed by atoms with Crippen molar-refractivity contribution in [2.75, 3.05) is 20.3 Å². The number of ether oxygens (including phenoxy) is 2. The Morgan fingerprint density at radius 1 is 1.32 bits per heavy atom. The van der Waals surface area contributed by atoms with Crippen molar-refractivity contribution in [1.82, 2.24) is 5.32 Å². The molecular formula is C16H21NO5. The lowest BCUT2D eigenvalue weighted by molar-refractivity contribution is -0.145. The molecule has 1 aromatic carbocycles. The van der Waals surface area contributed by atoms with Gasteiger partial charge >= 0.3 is 5.97 Å². The van der Waals surface area contributed by atoms with Gasteiger partial charge in [0.25, 0.3) is 5.91 Å². The van der Waals surface area contributed by atoms with E-state index in [0.29, 0.717) is 23.8 Å². The van der Waals surface area contributed by atoms with Gasteiger partial charge in [-0.2, -0.15) is 0 Å². The average molecular weight is 307 g/mol. The summed E-state index contributed by atoms with van der Waals surface area (Å²) in [5, 5.41) is 11.7. The Bertz CT molecular complexity index is 538. The van der Waals surface area contributed by atoms with Gasteiger partial charge in [0.05, 0.1) is 13.2 Å². The molecule has 1 saturated carbocycles. The van der Waals surface area contributed by atoms with E-state index in [2.05, 4.69) is 5.32 Å². The number of benzene rings is 1. The number of carbonyl (C=O) groups excluding carboxylic acids is 1. The van der Waals surface area contributed by atoms with E-state index < -0.39 is 17.4 Å². The molecule has 0 aromatic heterocycles. The van der Waals surface area contributed by atoms with E-state index >= 15 is 0 Å². The zero-order chi connectivity index (χ0) is 16.2. The molecule has 22 heavy (non-hydrogen) atoms. The Hall–Kier alpha value is -2.08. The molecule has 1 unspecified atom stereocenters. The number of amides is 1. The van der Waals surface area contributed by atoms with Crippen LogP contribution in [-0.2, 0) is 9.53 Å². The SMILES string of the molecule is COCC(C)(NC(=O)c1ccc(OCC2CC2)cc1)C(=O)O. The van der Waals surface area contributed by atoms with Gasteiger partial charge in [0.15, 0.2) is 5.54 Å². The van der Waals surface area contributed by atoms with E-state index in [-0.39, 0.29) is 6.61 Å². The Morgan fingerprint density at radius 2 is 1.95 bits per heavy atom. The summed E-state index contributed by atoms with van der Waals surface area (Å²) in [4.78, 5) is 23.4. The van der Waals surface area contributed by atoms with Gasteiger partial charge in [-0.3, -0.25) is 4.79 Å². The third-order valence-electron chi connectivity index (χ3n) is 3.59. The minimum atomic E-state index is -1.47. The summed E-state index contributed by atoms with van der Waals surface area (Å²) in [5.41, 5.74) is -1.09. The smallest absolute Gasteiger partial charge is 0.331 e. The first-order chi connectivity index (χ1) is 10.4. The van der Waals surface area contributed by atoms with E-state index in [1.165, 1.54) is 26.9 Å². The van der Waals surface area contributed by atoms with Crippen molar-refractivity contribution < 1.29 is 24.2 Å². The molecule has 0 heterocycles. The second-order valence-corrected chi connectivity index (χ2v) is 5.80. The van der Waals surface area contributed by atoms with Gasteiger partial charge in [0.2, 0.25) is 0 Å². The van der Waals surface area contributed by atoms with Crippen LogP contribution in [0.25, 0.3) is 0 Å². The highest BCUT2D eigenvalue weighted by Gasteiger charge is 2.35. The average Bonchev–Trinajstić information content (AvgIpc) is 3.30. The molecule has 0 saturated heterocycles. The molecule has 0 bridgehead atoms. The summed E-state index contributed by atoms with van der Waals surface area (Å²) >= 11 is 0. The molecule has 1 aromatic rings. The number of methoxy groups -OCH3 is 1. The van der Waals surface area contributed by atoms with Crippen LogP contribution in [0.3, 0.4) is 0 Å². The summed E-state index contributed by atoms with van der Waals surface area (Å²) in [6.45, 7) is 2.00. The second kappa shape index (κ2) is 6.79. The van der Waals surface area contributed by atoms with Gasteiger partial charge in [-0.15, -0.1) is 0 Å². The van der Waals surface area contributed by atoms with Crippen molar-refractivity contribution >= 4 is 11.9 Å². The van der Waals surface area contributed by atoms with Crippen molar-refractivity contribution in [1.29, 1.82) is 0 Å². The van der Waals surface area contributed by atoms with E-state index in [9.17, 15) is 14.7 Å². The lowest BCUT2D eigenvalue weighted by atomic mass is 10.0. The monoisotopic (exact) mass is 307 g/mol. The molecule has 1 aliphatic carbocycles. The fraction of sp³-hybridized carbons (Fsp3) is 0.500. The van der Waals surface area contributed by atoms with Crippen molar-refractivity contribution in [2.45, 2.75) is 25.3 Å². The zero-order valence-electron chi connectivity index (χ0n) is 12.8. The molecule has 2 rings (SSSR count). The van der Waals surface area contributed by atoms with Crippen LogP contribution >= 0.6 is 0 Å². The van der Waals surface area contributed by atoms with Crippen LogP contribution in [-0.4, -0.2) is 42.8 Å². The Labute approximate surface area is 129 Å². The minimum Gasteiger partial charge on any atom is -0.493 e. The van der Waals surface area contributed by atoms with Gasteiger partial charge in [-0.1, -0.05) is 0 Å². The number of nitrogens with one attached hydrogen (secondary N) is 1. The lowest BCUT2D eigenvalue weighted by Crippen LogP contribution is -2.55. The number of carbonyl (C=O) groups is 2. The van der Waals surface area contributed by atoms with Crippen LogP contribution in [0.1, 0.15) is 30.1 Å². The number of carboxylic acid groups (broad SMARTS) is 1. The zero-order valence-corrected chi connectivity index (χ0v) is 12.8. The van der Waals surface area contributed by atoms with Crippen LogP contribution in [0.2, 0.25) is 0 Å². The Morgan fingerprint density at radius 3 is 2.45 bits per heavy atom. The molecule has 6 nitrogen and oxygen atoms in total. The molecule has 0 aliphatic heterocycles. The number of hydrogen-bond donors (Lipinski definition) is 2. The largest absolute Gasteiger partial charge is 0.493 e. The Balaban J connectivity index is 1.97. The van der Waals surface area contributed by atoms with Crippen LogP contribution in [0, 0.1) is 5.92 Å². The number of carboxylic acids is 1. The van der Waals surface area contributed by atoms with E-state index in [1.807, 2.05) is 0 Å². The summed E-state index contributed by atoms with van der Waals surface area (Å²) in [7, 11) is 1.39. The highest BCUT2D eigenvalue weighted by Crippen LogP contribution is 2.29. The molecular weight excluding hydrogens is 286 g/mol. The highest BCUT2D eigenvalue weighted by atomic mass is 16.5. The molecule has 120 valence electrons. The first-order valence-corrected chi connectivity index (χ1v) is 7.22. The van der Waals surface area contributed by atoms with Gasteiger partial charge in [0.1, 0.15) is 5.75 Å². The first-order valence-electron chi connectivity index (χ1n) is 7.22. The second-order valence-electron chi connectivity index (χ2n) is 5.80. The van der Waals surface area contributed by atoms with Crippen LogP contribution in [0.4, 0.5) is 0 Å². The number of aliphatic carboxylic acids is 1.